The monoisotopic (exact) mass is 425 g/mol. The molecule has 1 aromatic carbocycles. The van der Waals surface area contributed by atoms with E-state index in [1.807, 2.05) is 25.1 Å². The van der Waals surface area contributed by atoms with Crippen LogP contribution in [-0.2, 0) is 0 Å². The Morgan fingerprint density at radius 2 is 1.73 bits per heavy atom. The molecule has 8 heteroatoms. The topological polar surface area (TPSA) is 56.1 Å². The highest BCUT2D eigenvalue weighted by molar-refractivity contribution is 9.10. The molecule has 0 saturated carbocycles. The Balaban J connectivity index is 1.71. The Bertz CT molecular complexity index is 653. The molecule has 2 aliphatic heterocycles. The van der Waals surface area contributed by atoms with Crippen molar-refractivity contribution in [1.29, 1.82) is 0 Å². The summed E-state index contributed by atoms with van der Waals surface area (Å²) in [5, 5.41) is 11.3. The molecule has 0 bridgehead atoms. The molecule has 0 atom stereocenters. The molecular weight excluding hydrogens is 398 g/mol. The first-order valence-electron chi connectivity index (χ1n) is 9.19. The first kappa shape index (κ1) is 19.4. The molecule has 0 radical (unpaired) electrons. The minimum absolute atomic E-state index is 0.137. The van der Waals surface area contributed by atoms with Crippen molar-refractivity contribution in [2.75, 3.05) is 70.2 Å². The summed E-state index contributed by atoms with van der Waals surface area (Å²) < 4.78 is 0.799. The molecule has 0 unspecified atom stereocenters. The average molecular weight is 426 g/mol. The predicted octanol–water partition coefficient (Wildman–Crippen LogP) is 2.64. The van der Waals surface area contributed by atoms with Crippen molar-refractivity contribution < 1.29 is 4.92 Å². The van der Waals surface area contributed by atoms with E-state index in [2.05, 4.69) is 37.7 Å². The van der Waals surface area contributed by atoms with Gasteiger partial charge in [0.05, 0.1) is 10.6 Å². The highest BCUT2D eigenvalue weighted by Gasteiger charge is 2.28. The van der Waals surface area contributed by atoms with Crippen LogP contribution in [0.3, 0.4) is 0 Å². The third-order valence-electron chi connectivity index (χ3n) is 5.58. The molecule has 1 aromatic rings. The molecule has 2 heterocycles. The standard InChI is InChI=1S/C18H28BrN5O2/c1-20(2)17-13-16(15(19)12-18(17)24(25)26)23-6-4-14(5-7-23)22-10-8-21(3)9-11-22/h12-14H,4-11H2,1-3H3. The molecule has 0 aliphatic carbocycles. The Morgan fingerprint density at radius 3 is 2.27 bits per heavy atom. The van der Waals surface area contributed by atoms with Gasteiger partial charge in [-0.3, -0.25) is 15.0 Å². The largest absolute Gasteiger partial charge is 0.372 e. The minimum Gasteiger partial charge on any atom is -0.372 e. The van der Waals surface area contributed by atoms with Gasteiger partial charge in [0, 0.05) is 69.9 Å². The molecule has 7 nitrogen and oxygen atoms in total. The fraction of sp³-hybridized carbons (Fsp3) is 0.667. The van der Waals surface area contributed by atoms with Gasteiger partial charge in [0.2, 0.25) is 0 Å². The van der Waals surface area contributed by atoms with E-state index in [4.69, 9.17) is 0 Å². The zero-order chi connectivity index (χ0) is 18.8. The fourth-order valence-electron chi connectivity index (χ4n) is 3.95. The summed E-state index contributed by atoms with van der Waals surface area (Å²) in [6, 6.07) is 4.24. The van der Waals surface area contributed by atoms with Gasteiger partial charge in [0.25, 0.3) is 5.69 Å². The number of nitro benzene ring substituents is 1. The zero-order valence-electron chi connectivity index (χ0n) is 15.8. The number of likely N-dealkylation sites (N-methyl/N-ethyl adjacent to an activating group) is 1. The summed E-state index contributed by atoms with van der Waals surface area (Å²) >= 11 is 3.55. The van der Waals surface area contributed by atoms with Crippen molar-refractivity contribution in [3.05, 3.63) is 26.7 Å². The third kappa shape index (κ3) is 4.13. The van der Waals surface area contributed by atoms with E-state index in [1.165, 1.54) is 0 Å². The van der Waals surface area contributed by atoms with Gasteiger partial charge < -0.3 is 14.7 Å². The molecule has 2 saturated heterocycles. The molecule has 3 rings (SSSR count). The first-order valence-corrected chi connectivity index (χ1v) is 9.99. The maximum atomic E-state index is 11.3. The number of nitro groups is 1. The van der Waals surface area contributed by atoms with E-state index in [9.17, 15) is 10.1 Å². The Morgan fingerprint density at radius 1 is 1.12 bits per heavy atom. The summed E-state index contributed by atoms with van der Waals surface area (Å²) in [6.07, 6.45) is 2.29. The van der Waals surface area contributed by atoms with Crippen molar-refractivity contribution >= 4 is 33.0 Å². The molecular formula is C18H28BrN5O2. The minimum atomic E-state index is -0.316. The fourth-order valence-corrected chi connectivity index (χ4v) is 4.53. The molecule has 0 aromatic heterocycles. The molecule has 0 N–H and O–H groups in total. The maximum absolute atomic E-state index is 11.3. The van der Waals surface area contributed by atoms with E-state index in [1.54, 1.807) is 6.07 Å². The van der Waals surface area contributed by atoms with Gasteiger partial charge in [0.15, 0.2) is 0 Å². The number of hydrogen-bond acceptors (Lipinski definition) is 6. The Kier molecular flexibility index (Phi) is 6.04. The van der Waals surface area contributed by atoms with Gasteiger partial charge in [-0.1, -0.05) is 0 Å². The lowest BCUT2D eigenvalue weighted by Gasteiger charge is -2.42. The van der Waals surface area contributed by atoms with Crippen LogP contribution in [0.1, 0.15) is 12.8 Å². The van der Waals surface area contributed by atoms with Crippen LogP contribution in [0.5, 0.6) is 0 Å². The van der Waals surface area contributed by atoms with Crippen molar-refractivity contribution in [3.63, 3.8) is 0 Å². The number of rotatable bonds is 4. The molecule has 0 amide bonds. The lowest BCUT2D eigenvalue weighted by molar-refractivity contribution is -0.384. The quantitative estimate of drug-likeness (QED) is 0.545. The summed E-state index contributed by atoms with van der Waals surface area (Å²) in [4.78, 5) is 20.2. The Labute approximate surface area is 163 Å². The summed E-state index contributed by atoms with van der Waals surface area (Å²) in [5.41, 5.74) is 1.84. The van der Waals surface area contributed by atoms with Crippen LogP contribution in [0, 0.1) is 10.1 Å². The molecule has 144 valence electrons. The van der Waals surface area contributed by atoms with Crippen LogP contribution < -0.4 is 9.80 Å². The van der Waals surface area contributed by atoms with E-state index in [0.717, 1.165) is 62.3 Å². The summed E-state index contributed by atoms with van der Waals surface area (Å²) in [5.74, 6) is 0. The van der Waals surface area contributed by atoms with Crippen LogP contribution in [0.2, 0.25) is 0 Å². The van der Waals surface area contributed by atoms with Crippen molar-refractivity contribution in [1.82, 2.24) is 9.80 Å². The number of piperidine rings is 1. The number of anilines is 2. The molecule has 0 spiro atoms. The zero-order valence-corrected chi connectivity index (χ0v) is 17.4. The number of benzene rings is 1. The van der Waals surface area contributed by atoms with Gasteiger partial charge in [-0.05, 0) is 41.9 Å². The van der Waals surface area contributed by atoms with Crippen LogP contribution in [0.4, 0.5) is 17.1 Å². The highest BCUT2D eigenvalue weighted by atomic mass is 79.9. The van der Waals surface area contributed by atoms with Crippen molar-refractivity contribution in [3.8, 4) is 0 Å². The van der Waals surface area contributed by atoms with Gasteiger partial charge in [-0.2, -0.15) is 0 Å². The molecule has 26 heavy (non-hydrogen) atoms. The van der Waals surface area contributed by atoms with Crippen molar-refractivity contribution in [2.45, 2.75) is 18.9 Å². The number of piperazine rings is 1. The SMILES string of the molecule is CN1CCN(C2CCN(c3cc(N(C)C)c([N+](=O)[O-])cc3Br)CC2)CC1. The van der Waals surface area contributed by atoms with Crippen LogP contribution in [-0.4, -0.2) is 81.2 Å². The van der Waals surface area contributed by atoms with Gasteiger partial charge in [0.1, 0.15) is 5.69 Å². The molecule has 2 fully saturated rings. The summed E-state index contributed by atoms with van der Waals surface area (Å²) in [7, 11) is 5.88. The van der Waals surface area contributed by atoms with Crippen LogP contribution >= 0.6 is 15.9 Å². The highest BCUT2D eigenvalue weighted by Crippen LogP contribution is 2.39. The lowest BCUT2D eigenvalue weighted by atomic mass is 10.0. The smallest absolute Gasteiger partial charge is 0.293 e. The lowest BCUT2D eigenvalue weighted by Crippen LogP contribution is -2.52. The van der Waals surface area contributed by atoms with Gasteiger partial charge in [-0.15, -0.1) is 0 Å². The van der Waals surface area contributed by atoms with E-state index < -0.39 is 0 Å². The Hall–Kier alpha value is -1.38. The average Bonchev–Trinajstić information content (AvgIpc) is 2.62. The predicted molar refractivity (Wildman–Crippen MR) is 109 cm³/mol. The van der Waals surface area contributed by atoms with Crippen molar-refractivity contribution in [2.24, 2.45) is 0 Å². The van der Waals surface area contributed by atoms with E-state index in [-0.39, 0.29) is 10.6 Å². The van der Waals surface area contributed by atoms with E-state index in [0.29, 0.717) is 11.7 Å². The number of hydrogen-bond donors (Lipinski definition) is 0. The summed E-state index contributed by atoms with van der Waals surface area (Å²) in [6.45, 7) is 6.60. The van der Waals surface area contributed by atoms with Crippen LogP contribution in [0.25, 0.3) is 0 Å². The normalized spacial score (nSPS) is 20.4. The third-order valence-corrected chi connectivity index (χ3v) is 6.22. The van der Waals surface area contributed by atoms with Gasteiger partial charge >= 0.3 is 0 Å². The van der Waals surface area contributed by atoms with Crippen LogP contribution in [0.15, 0.2) is 16.6 Å². The van der Waals surface area contributed by atoms with Gasteiger partial charge in [-0.25, -0.2) is 0 Å². The second kappa shape index (κ2) is 8.10. The number of nitrogens with zero attached hydrogens (tertiary/aromatic N) is 5. The maximum Gasteiger partial charge on any atom is 0.293 e. The van der Waals surface area contributed by atoms with E-state index >= 15 is 0 Å². The second-order valence-electron chi connectivity index (χ2n) is 7.50. The first-order chi connectivity index (χ1) is 12.4. The number of halogens is 1. The second-order valence-corrected chi connectivity index (χ2v) is 8.36. The molecule has 2 aliphatic rings.